The fourth-order valence-corrected chi connectivity index (χ4v) is 3.39. The molecular weight excluding hydrogens is 184 g/mol. The van der Waals surface area contributed by atoms with E-state index in [1.165, 1.54) is 19.3 Å². The summed E-state index contributed by atoms with van der Waals surface area (Å²) in [6.45, 7) is 0. The fourth-order valence-electron chi connectivity index (χ4n) is 2.14. The molecule has 0 amide bonds. The molecule has 0 aromatic heterocycles. The number of carboxylic acid groups (broad SMARTS) is 1. The molecule has 1 saturated heterocycles. The van der Waals surface area contributed by atoms with Gasteiger partial charge in [0.2, 0.25) is 0 Å². The van der Waals surface area contributed by atoms with E-state index in [4.69, 9.17) is 5.11 Å². The summed E-state index contributed by atoms with van der Waals surface area (Å²) < 4.78 is 0. The van der Waals surface area contributed by atoms with Crippen molar-refractivity contribution in [2.24, 2.45) is 17.8 Å². The molecule has 1 saturated carbocycles. The van der Waals surface area contributed by atoms with Crippen molar-refractivity contribution < 1.29 is 9.90 Å². The lowest BCUT2D eigenvalue weighted by Crippen LogP contribution is -2.29. The third kappa shape index (κ3) is 2.39. The Hall–Kier alpha value is -0.180. The molecule has 2 atom stereocenters. The van der Waals surface area contributed by atoms with Crippen LogP contribution in [0, 0.1) is 17.8 Å². The third-order valence-corrected chi connectivity index (χ3v) is 4.31. The number of rotatable bonds is 3. The fraction of sp³-hybridized carbons (Fsp3) is 0.900. The molecule has 2 aliphatic rings. The maximum absolute atomic E-state index is 11.0. The van der Waals surface area contributed by atoms with Gasteiger partial charge in [-0.15, -0.1) is 0 Å². The van der Waals surface area contributed by atoms with Gasteiger partial charge in [-0.2, -0.15) is 11.8 Å². The van der Waals surface area contributed by atoms with E-state index in [0.717, 1.165) is 23.8 Å². The van der Waals surface area contributed by atoms with Crippen molar-refractivity contribution in [1.82, 2.24) is 0 Å². The van der Waals surface area contributed by atoms with Crippen LogP contribution in [0.4, 0.5) is 0 Å². The molecule has 74 valence electrons. The molecule has 2 unspecified atom stereocenters. The van der Waals surface area contributed by atoms with E-state index in [-0.39, 0.29) is 5.92 Å². The van der Waals surface area contributed by atoms with Gasteiger partial charge in [-0.3, -0.25) is 4.79 Å². The van der Waals surface area contributed by atoms with Crippen LogP contribution in [0.15, 0.2) is 0 Å². The van der Waals surface area contributed by atoms with Gasteiger partial charge < -0.3 is 5.11 Å². The molecule has 1 aliphatic heterocycles. The lowest BCUT2D eigenvalue weighted by molar-refractivity contribution is -0.143. The number of carboxylic acids is 1. The Morgan fingerprint density at radius 3 is 2.77 bits per heavy atom. The van der Waals surface area contributed by atoms with Crippen molar-refractivity contribution >= 4 is 17.7 Å². The van der Waals surface area contributed by atoms with Gasteiger partial charge in [0.25, 0.3) is 0 Å². The van der Waals surface area contributed by atoms with Gasteiger partial charge in [0.1, 0.15) is 0 Å². The highest BCUT2D eigenvalue weighted by atomic mass is 32.2. The normalized spacial score (nSPS) is 34.5. The minimum atomic E-state index is -0.564. The van der Waals surface area contributed by atoms with Crippen molar-refractivity contribution in [3.63, 3.8) is 0 Å². The second-order valence-electron chi connectivity index (χ2n) is 4.25. The summed E-state index contributed by atoms with van der Waals surface area (Å²) in [6.07, 6.45) is 4.74. The number of hydrogen-bond donors (Lipinski definition) is 1. The van der Waals surface area contributed by atoms with Crippen molar-refractivity contribution in [3.8, 4) is 0 Å². The van der Waals surface area contributed by atoms with Crippen molar-refractivity contribution in [2.45, 2.75) is 25.7 Å². The molecule has 1 heterocycles. The summed E-state index contributed by atoms with van der Waals surface area (Å²) in [6, 6.07) is 0. The summed E-state index contributed by atoms with van der Waals surface area (Å²) in [5.41, 5.74) is 0. The molecule has 1 aliphatic carbocycles. The van der Waals surface area contributed by atoms with Gasteiger partial charge in [-0.05, 0) is 36.2 Å². The molecule has 3 heteroatoms. The summed E-state index contributed by atoms with van der Waals surface area (Å²) >= 11 is 1.93. The molecule has 0 aromatic rings. The van der Waals surface area contributed by atoms with E-state index in [9.17, 15) is 4.79 Å². The molecular formula is C10H16O2S. The Balaban J connectivity index is 1.90. The minimum absolute atomic E-state index is 0.0400. The monoisotopic (exact) mass is 200 g/mol. The van der Waals surface area contributed by atoms with E-state index >= 15 is 0 Å². The number of carbonyl (C=O) groups is 1. The summed E-state index contributed by atoms with van der Waals surface area (Å²) in [7, 11) is 0. The van der Waals surface area contributed by atoms with Crippen LogP contribution in [-0.2, 0) is 4.79 Å². The molecule has 0 spiro atoms. The van der Waals surface area contributed by atoms with Crippen LogP contribution in [0.5, 0.6) is 0 Å². The van der Waals surface area contributed by atoms with Crippen LogP contribution in [-0.4, -0.2) is 22.6 Å². The van der Waals surface area contributed by atoms with E-state index < -0.39 is 5.97 Å². The van der Waals surface area contributed by atoms with Gasteiger partial charge >= 0.3 is 5.97 Å². The molecule has 1 N–H and O–H groups in total. The first-order chi connectivity index (χ1) is 6.27. The molecule has 2 nitrogen and oxygen atoms in total. The number of hydrogen-bond acceptors (Lipinski definition) is 2. The van der Waals surface area contributed by atoms with Gasteiger partial charge in [-0.25, -0.2) is 0 Å². The van der Waals surface area contributed by atoms with Gasteiger partial charge in [0.15, 0.2) is 0 Å². The van der Waals surface area contributed by atoms with Crippen LogP contribution < -0.4 is 0 Å². The topological polar surface area (TPSA) is 37.3 Å². The van der Waals surface area contributed by atoms with Crippen LogP contribution in [0.2, 0.25) is 0 Å². The summed E-state index contributed by atoms with van der Waals surface area (Å²) in [5, 5.41) is 9.03. The van der Waals surface area contributed by atoms with E-state index in [1.807, 2.05) is 11.8 Å². The predicted molar refractivity (Wildman–Crippen MR) is 53.9 cm³/mol. The van der Waals surface area contributed by atoms with E-state index in [1.54, 1.807) is 0 Å². The highest BCUT2D eigenvalue weighted by molar-refractivity contribution is 7.99. The zero-order valence-electron chi connectivity index (χ0n) is 7.74. The first-order valence-corrected chi connectivity index (χ1v) is 6.23. The molecule has 0 aromatic carbocycles. The zero-order chi connectivity index (χ0) is 9.26. The quantitative estimate of drug-likeness (QED) is 0.759. The first-order valence-electron chi connectivity index (χ1n) is 5.08. The standard InChI is InChI=1S/C10H16O2S/c11-10(12)9-3-4-13-6-8(9)5-7-1-2-7/h7-9H,1-6H2,(H,11,12). The van der Waals surface area contributed by atoms with Crippen LogP contribution in [0.3, 0.4) is 0 Å². The number of thioether (sulfide) groups is 1. The molecule has 0 bridgehead atoms. The lowest BCUT2D eigenvalue weighted by atomic mass is 9.87. The van der Waals surface area contributed by atoms with Crippen molar-refractivity contribution in [3.05, 3.63) is 0 Å². The van der Waals surface area contributed by atoms with Gasteiger partial charge in [-0.1, -0.05) is 12.8 Å². The Bertz CT molecular complexity index is 201. The summed E-state index contributed by atoms with van der Waals surface area (Å²) in [5.74, 6) is 2.84. The smallest absolute Gasteiger partial charge is 0.306 e. The van der Waals surface area contributed by atoms with Crippen LogP contribution >= 0.6 is 11.8 Å². The highest BCUT2D eigenvalue weighted by Gasteiger charge is 2.35. The van der Waals surface area contributed by atoms with Crippen LogP contribution in [0.1, 0.15) is 25.7 Å². The largest absolute Gasteiger partial charge is 0.481 e. The Morgan fingerprint density at radius 1 is 1.38 bits per heavy atom. The van der Waals surface area contributed by atoms with E-state index in [2.05, 4.69) is 0 Å². The summed E-state index contributed by atoms with van der Waals surface area (Å²) in [4.78, 5) is 11.0. The third-order valence-electron chi connectivity index (χ3n) is 3.12. The Labute approximate surface area is 83.1 Å². The molecule has 2 rings (SSSR count). The maximum atomic E-state index is 11.0. The van der Waals surface area contributed by atoms with Crippen LogP contribution in [0.25, 0.3) is 0 Å². The predicted octanol–water partition coefficient (Wildman–Crippen LogP) is 2.24. The van der Waals surface area contributed by atoms with E-state index in [0.29, 0.717) is 5.92 Å². The van der Waals surface area contributed by atoms with Gasteiger partial charge in [0.05, 0.1) is 5.92 Å². The number of aliphatic carboxylic acids is 1. The first kappa shape index (κ1) is 9.38. The van der Waals surface area contributed by atoms with Crippen molar-refractivity contribution in [1.29, 1.82) is 0 Å². The second kappa shape index (κ2) is 3.91. The average Bonchev–Trinajstić information content (AvgIpc) is 2.89. The minimum Gasteiger partial charge on any atom is -0.481 e. The van der Waals surface area contributed by atoms with Gasteiger partial charge in [0, 0.05) is 0 Å². The highest BCUT2D eigenvalue weighted by Crippen LogP contribution is 2.41. The average molecular weight is 200 g/mol. The lowest BCUT2D eigenvalue weighted by Gasteiger charge is -2.28. The molecule has 0 radical (unpaired) electrons. The van der Waals surface area contributed by atoms with Crippen molar-refractivity contribution in [2.75, 3.05) is 11.5 Å². The zero-order valence-corrected chi connectivity index (χ0v) is 8.55. The molecule has 13 heavy (non-hydrogen) atoms. The Kier molecular flexibility index (Phi) is 2.82. The Morgan fingerprint density at radius 2 is 2.15 bits per heavy atom. The maximum Gasteiger partial charge on any atom is 0.306 e. The second-order valence-corrected chi connectivity index (χ2v) is 5.40. The molecule has 2 fully saturated rings. The SMILES string of the molecule is O=C(O)C1CCSCC1CC1CC1.